The fourth-order valence-corrected chi connectivity index (χ4v) is 3.13. The Kier molecular flexibility index (Phi) is 4.10. The summed E-state index contributed by atoms with van der Waals surface area (Å²) in [5, 5.41) is 0. The van der Waals surface area contributed by atoms with E-state index in [0.29, 0.717) is 18.6 Å². The van der Waals surface area contributed by atoms with Crippen molar-refractivity contribution in [1.29, 1.82) is 0 Å². The van der Waals surface area contributed by atoms with Gasteiger partial charge >= 0.3 is 0 Å². The number of ketones is 1. The Morgan fingerprint density at radius 3 is 2.21 bits per heavy atom. The van der Waals surface area contributed by atoms with Crippen molar-refractivity contribution in [3.05, 3.63) is 34.4 Å². The molecule has 19 heavy (non-hydrogen) atoms. The molecule has 0 N–H and O–H groups in total. The van der Waals surface area contributed by atoms with Crippen molar-refractivity contribution >= 4 is 5.78 Å². The van der Waals surface area contributed by atoms with Gasteiger partial charge in [0.05, 0.1) is 5.60 Å². The smallest absolute Gasteiger partial charge is 0.140 e. The van der Waals surface area contributed by atoms with Gasteiger partial charge in [0.25, 0.3) is 0 Å². The molecule has 2 heteroatoms. The molecule has 0 spiro atoms. The van der Waals surface area contributed by atoms with E-state index in [0.717, 1.165) is 12.8 Å². The number of Topliss-reactive ketones (excluding diaryl/α,β-unsaturated/α-hetero) is 1. The van der Waals surface area contributed by atoms with Crippen LogP contribution in [0.25, 0.3) is 0 Å². The predicted molar refractivity (Wildman–Crippen MR) is 77.6 cm³/mol. The van der Waals surface area contributed by atoms with Gasteiger partial charge < -0.3 is 4.74 Å². The molecule has 1 saturated carbocycles. The Hall–Kier alpha value is -1.15. The van der Waals surface area contributed by atoms with Crippen molar-refractivity contribution < 1.29 is 9.53 Å². The Bertz CT molecular complexity index is 456. The average molecular weight is 260 g/mol. The summed E-state index contributed by atoms with van der Waals surface area (Å²) in [7, 11) is 1.73. The van der Waals surface area contributed by atoms with Crippen LogP contribution < -0.4 is 0 Å². The first-order valence-electron chi connectivity index (χ1n) is 7.09. The number of benzene rings is 1. The third-order valence-corrected chi connectivity index (χ3v) is 4.43. The van der Waals surface area contributed by atoms with E-state index in [1.807, 2.05) is 0 Å². The molecule has 1 aromatic carbocycles. The number of hydrogen-bond acceptors (Lipinski definition) is 2. The van der Waals surface area contributed by atoms with Gasteiger partial charge in [-0.05, 0) is 56.7 Å². The van der Waals surface area contributed by atoms with Crippen molar-refractivity contribution in [1.82, 2.24) is 0 Å². The highest BCUT2D eigenvalue weighted by Crippen LogP contribution is 2.38. The van der Waals surface area contributed by atoms with Crippen molar-refractivity contribution in [2.45, 2.75) is 58.5 Å². The molecular weight excluding hydrogens is 236 g/mol. The van der Waals surface area contributed by atoms with Crippen LogP contribution in [-0.4, -0.2) is 18.5 Å². The Balaban J connectivity index is 2.07. The van der Waals surface area contributed by atoms with Crippen LogP contribution in [0.4, 0.5) is 0 Å². The SMILES string of the molecule is COC1(CC(=O)Cc2c(C)cc(C)cc2C)CCC1. The van der Waals surface area contributed by atoms with E-state index in [9.17, 15) is 4.79 Å². The fraction of sp³-hybridized carbons (Fsp3) is 0.588. The highest BCUT2D eigenvalue weighted by atomic mass is 16.5. The molecule has 0 saturated heterocycles. The van der Waals surface area contributed by atoms with Gasteiger partial charge in [-0.3, -0.25) is 4.79 Å². The van der Waals surface area contributed by atoms with E-state index in [1.54, 1.807) is 7.11 Å². The predicted octanol–water partition coefficient (Wildman–Crippen LogP) is 3.68. The molecular formula is C17H24O2. The molecule has 1 fully saturated rings. The van der Waals surface area contributed by atoms with E-state index in [2.05, 4.69) is 32.9 Å². The quantitative estimate of drug-likeness (QED) is 0.807. The van der Waals surface area contributed by atoms with Gasteiger partial charge in [0.15, 0.2) is 0 Å². The Labute approximate surface area is 116 Å². The molecule has 0 bridgehead atoms. The van der Waals surface area contributed by atoms with Crippen LogP contribution in [0.15, 0.2) is 12.1 Å². The molecule has 2 rings (SSSR count). The minimum atomic E-state index is -0.149. The van der Waals surface area contributed by atoms with E-state index in [4.69, 9.17) is 4.74 Å². The molecule has 1 aliphatic carbocycles. The number of rotatable bonds is 5. The highest BCUT2D eigenvalue weighted by molar-refractivity contribution is 5.82. The van der Waals surface area contributed by atoms with E-state index in [1.165, 1.54) is 28.7 Å². The maximum atomic E-state index is 12.3. The normalized spacial score (nSPS) is 17.1. The van der Waals surface area contributed by atoms with Crippen LogP contribution in [0.5, 0.6) is 0 Å². The van der Waals surface area contributed by atoms with Crippen LogP contribution in [0.1, 0.15) is 47.9 Å². The minimum Gasteiger partial charge on any atom is -0.378 e. The molecule has 0 aromatic heterocycles. The van der Waals surface area contributed by atoms with Gasteiger partial charge in [-0.2, -0.15) is 0 Å². The van der Waals surface area contributed by atoms with Gasteiger partial charge in [-0.1, -0.05) is 17.7 Å². The summed E-state index contributed by atoms with van der Waals surface area (Å²) in [4.78, 5) is 12.3. The van der Waals surface area contributed by atoms with Gasteiger partial charge in [0, 0.05) is 20.0 Å². The third-order valence-electron chi connectivity index (χ3n) is 4.43. The number of ether oxygens (including phenoxy) is 1. The summed E-state index contributed by atoms with van der Waals surface area (Å²) in [5.74, 6) is 0.302. The number of aryl methyl sites for hydroxylation is 3. The lowest BCUT2D eigenvalue weighted by Crippen LogP contribution is -2.41. The topological polar surface area (TPSA) is 26.3 Å². The fourth-order valence-electron chi connectivity index (χ4n) is 3.13. The van der Waals surface area contributed by atoms with Crippen LogP contribution >= 0.6 is 0 Å². The Morgan fingerprint density at radius 2 is 1.79 bits per heavy atom. The van der Waals surface area contributed by atoms with Gasteiger partial charge in [0.1, 0.15) is 5.78 Å². The van der Waals surface area contributed by atoms with Gasteiger partial charge in [-0.25, -0.2) is 0 Å². The van der Waals surface area contributed by atoms with Crippen LogP contribution in [0.3, 0.4) is 0 Å². The van der Waals surface area contributed by atoms with Crippen molar-refractivity contribution in [3.8, 4) is 0 Å². The lowest BCUT2D eigenvalue weighted by Gasteiger charge is -2.40. The summed E-state index contributed by atoms with van der Waals surface area (Å²) < 4.78 is 5.54. The summed E-state index contributed by atoms with van der Waals surface area (Å²) in [6, 6.07) is 4.32. The van der Waals surface area contributed by atoms with Crippen molar-refractivity contribution in [2.24, 2.45) is 0 Å². The summed E-state index contributed by atoms with van der Waals surface area (Å²) >= 11 is 0. The molecule has 1 aliphatic rings. The summed E-state index contributed by atoms with van der Waals surface area (Å²) in [6.07, 6.45) is 4.35. The maximum Gasteiger partial charge on any atom is 0.140 e. The number of carbonyl (C=O) groups is 1. The lowest BCUT2D eigenvalue weighted by molar-refractivity contribution is -0.131. The first kappa shape index (κ1) is 14.3. The lowest BCUT2D eigenvalue weighted by atomic mass is 9.75. The van der Waals surface area contributed by atoms with Crippen LogP contribution in [0, 0.1) is 20.8 Å². The van der Waals surface area contributed by atoms with Crippen molar-refractivity contribution in [3.63, 3.8) is 0 Å². The van der Waals surface area contributed by atoms with Gasteiger partial charge in [-0.15, -0.1) is 0 Å². The average Bonchev–Trinajstić information content (AvgIpc) is 2.28. The molecule has 0 atom stereocenters. The summed E-state index contributed by atoms with van der Waals surface area (Å²) in [6.45, 7) is 6.29. The number of methoxy groups -OCH3 is 1. The first-order chi connectivity index (χ1) is 8.96. The third kappa shape index (κ3) is 3.06. The van der Waals surface area contributed by atoms with Crippen LogP contribution in [0.2, 0.25) is 0 Å². The Morgan fingerprint density at radius 1 is 1.21 bits per heavy atom. The van der Waals surface area contributed by atoms with E-state index >= 15 is 0 Å². The van der Waals surface area contributed by atoms with E-state index in [-0.39, 0.29) is 5.60 Å². The molecule has 0 aliphatic heterocycles. The van der Waals surface area contributed by atoms with Crippen LogP contribution in [-0.2, 0) is 16.0 Å². The molecule has 0 unspecified atom stereocenters. The molecule has 0 radical (unpaired) electrons. The maximum absolute atomic E-state index is 12.3. The monoisotopic (exact) mass is 260 g/mol. The zero-order valence-corrected chi connectivity index (χ0v) is 12.5. The zero-order valence-electron chi connectivity index (χ0n) is 12.5. The second-order valence-electron chi connectivity index (χ2n) is 6.01. The number of hydrogen-bond donors (Lipinski definition) is 0. The molecule has 104 valence electrons. The highest BCUT2D eigenvalue weighted by Gasteiger charge is 2.38. The van der Waals surface area contributed by atoms with E-state index < -0.39 is 0 Å². The van der Waals surface area contributed by atoms with Crippen molar-refractivity contribution in [2.75, 3.05) is 7.11 Å². The standard InChI is InChI=1S/C17H24O2/c1-12-8-13(2)16(14(3)9-12)10-15(18)11-17(19-4)6-5-7-17/h8-9H,5-7,10-11H2,1-4H3. The molecule has 0 heterocycles. The largest absolute Gasteiger partial charge is 0.378 e. The second-order valence-corrected chi connectivity index (χ2v) is 6.01. The first-order valence-corrected chi connectivity index (χ1v) is 7.09. The molecule has 0 amide bonds. The minimum absolute atomic E-state index is 0.149. The second kappa shape index (κ2) is 5.46. The zero-order chi connectivity index (χ0) is 14.0. The van der Waals surface area contributed by atoms with Gasteiger partial charge in [0.2, 0.25) is 0 Å². The summed E-state index contributed by atoms with van der Waals surface area (Å²) in [5.41, 5.74) is 4.76. The number of carbonyl (C=O) groups excluding carboxylic acids is 1. The molecule has 1 aromatic rings. The molecule has 2 nitrogen and oxygen atoms in total.